The van der Waals surface area contributed by atoms with E-state index >= 15 is 0 Å². The van der Waals surface area contributed by atoms with Gasteiger partial charge in [0.2, 0.25) is 0 Å². The Hall–Kier alpha value is -0.930. The van der Waals surface area contributed by atoms with Gasteiger partial charge in [0.25, 0.3) is 0 Å². The first kappa shape index (κ1) is 11.6. The zero-order valence-corrected chi connectivity index (χ0v) is 10.0. The van der Waals surface area contributed by atoms with Crippen LogP contribution in [0.3, 0.4) is 0 Å². The Labute approximate surface area is 97.2 Å². The van der Waals surface area contributed by atoms with Crippen LogP contribution in [0.5, 0.6) is 0 Å². The minimum atomic E-state index is 0.342. The quantitative estimate of drug-likeness (QED) is 0.797. The Balaban J connectivity index is 1.92. The first-order chi connectivity index (χ1) is 7.81. The van der Waals surface area contributed by atoms with Gasteiger partial charge in [-0.05, 0) is 37.3 Å². The highest BCUT2D eigenvalue weighted by Gasteiger charge is 2.31. The van der Waals surface area contributed by atoms with Crippen LogP contribution in [0.4, 0.5) is 0 Å². The molecule has 1 N–H and O–H groups in total. The summed E-state index contributed by atoms with van der Waals surface area (Å²) in [5.41, 5.74) is 1.24. The maximum absolute atomic E-state index is 5.26. The number of nitrogens with zero attached hydrogens (tertiary/aromatic N) is 1. The Bertz CT molecular complexity index is 311. The van der Waals surface area contributed by atoms with Gasteiger partial charge >= 0.3 is 0 Å². The van der Waals surface area contributed by atoms with Crippen LogP contribution in [-0.2, 0) is 4.74 Å². The third kappa shape index (κ3) is 3.03. The number of nitrogens with one attached hydrogen (secondary N) is 1. The summed E-state index contributed by atoms with van der Waals surface area (Å²) in [5, 5.41) is 3.63. The van der Waals surface area contributed by atoms with Gasteiger partial charge in [-0.3, -0.25) is 4.98 Å². The summed E-state index contributed by atoms with van der Waals surface area (Å²) in [6.07, 6.45) is 6.40. The van der Waals surface area contributed by atoms with Crippen molar-refractivity contribution >= 4 is 0 Å². The van der Waals surface area contributed by atoms with Gasteiger partial charge in [0.1, 0.15) is 0 Å². The summed E-state index contributed by atoms with van der Waals surface area (Å²) in [6, 6.07) is 4.92. The van der Waals surface area contributed by atoms with Gasteiger partial charge in [-0.25, -0.2) is 0 Å². The van der Waals surface area contributed by atoms with E-state index in [2.05, 4.69) is 23.3 Å². The minimum absolute atomic E-state index is 0.342. The minimum Gasteiger partial charge on any atom is -0.383 e. The fourth-order valence-electron chi connectivity index (χ4n) is 2.05. The molecule has 16 heavy (non-hydrogen) atoms. The van der Waals surface area contributed by atoms with Crippen LogP contribution in [0.25, 0.3) is 0 Å². The lowest BCUT2D eigenvalue weighted by Gasteiger charge is -2.22. The van der Waals surface area contributed by atoms with Gasteiger partial charge in [0.05, 0.1) is 6.61 Å². The van der Waals surface area contributed by atoms with Crippen LogP contribution < -0.4 is 5.32 Å². The van der Waals surface area contributed by atoms with Crippen molar-refractivity contribution in [3.8, 4) is 0 Å². The molecule has 1 aromatic rings. The lowest BCUT2D eigenvalue weighted by atomic mass is 10.1. The zero-order valence-electron chi connectivity index (χ0n) is 10.0. The predicted octanol–water partition coefficient (Wildman–Crippen LogP) is 2.16. The second kappa shape index (κ2) is 5.41. The molecule has 0 amide bonds. The lowest BCUT2D eigenvalue weighted by Crippen LogP contribution is -2.37. The Kier molecular flexibility index (Phi) is 3.91. The Morgan fingerprint density at radius 1 is 1.56 bits per heavy atom. The van der Waals surface area contributed by atoms with Gasteiger partial charge in [0, 0.05) is 31.6 Å². The molecule has 88 valence electrons. The summed E-state index contributed by atoms with van der Waals surface area (Å²) < 4.78 is 5.26. The van der Waals surface area contributed by atoms with E-state index < -0.39 is 0 Å². The van der Waals surface area contributed by atoms with E-state index in [4.69, 9.17) is 4.74 Å². The summed E-state index contributed by atoms with van der Waals surface area (Å²) in [4.78, 5) is 4.15. The first-order valence-corrected chi connectivity index (χ1v) is 5.96. The molecule has 3 nitrogen and oxygen atoms in total. The number of rotatable bonds is 6. The van der Waals surface area contributed by atoms with Crippen LogP contribution >= 0.6 is 0 Å². The molecule has 1 fully saturated rings. The van der Waals surface area contributed by atoms with Gasteiger partial charge in [0.15, 0.2) is 0 Å². The maximum atomic E-state index is 5.26. The van der Waals surface area contributed by atoms with Crippen molar-refractivity contribution < 1.29 is 4.74 Å². The summed E-state index contributed by atoms with van der Waals surface area (Å²) in [6.45, 7) is 2.98. The number of ether oxygens (including phenoxy) is 1. The molecule has 0 bridgehead atoms. The molecule has 0 radical (unpaired) electrons. The van der Waals surface area contributed by atoms with Gasteiger partial charge in [-0.15, -0.1) is 0 Å². The topological polar surface area (TPSA) is 34.1 Å². The van der Waals surface area contributed by atoms with Gasteiger partial charge < -0.3 is 10.1 Å². The fourth-order valence-corrected chi connectivity index (χ4v) is 2.05. The maximum Gasteiger partial charge on any atom is 0.0618 e. The van der Waals surface area contributed by atoms with Crippen LogP contribution in [-0.4, -0.2) is 24.7 Å². The van der Waals surface area contributed by atoms with Crippen LogP contribution in [0.2, 0.25) is 0 Å². The highest BCUT2D eigenvalue weighted by molar-refractivity contribution is 5.13. The highest BCUT2D eigenvalue weighted by atomic mass is 16.5. The molecule has 0 aliphatic heterocycles. The van der Waals surface area contributed by atoms with Crippen LogP contribution in [0, 0.1) is 5.92 Å². The summed E-state index contributed by atoms with van der Waals surface area (Å²) in [7, 11) is 1.77. The van der Waals surface area contributed by atoms with Crippen LogP contribution in [0.15, 0.2) is 24.5 Å². The fraction of sp³-hybridized carbons (Fsp3) is 0.615. The van der Waals surface area contributed by atoms with Crippen molar-refractivity contribution in [2.75, 3.05) is 13.7 Å². The van der Waals surface area contributed by atoms with Gasteiger partial charge in [-0.1, -0.05) is 6.07 Å². The predicted molar refractivity (Wildman–Crippen MR) is 64.2 cm³/mol. The van der Waals surface area contributed by atoms with E-state index in [1.165, 1.54) is 18.4 Å². The molecule has 3 heteroatoms. The van der Waals surface area contributed by atoms with Crippen molar-refractivity contribution in [1.29, 1.82) is 0 Å². The molecule has 0 spiro atoms. The van der Waals surface area contributed by atoms with Gasteiger partial charge in [-0.2, -0.15) is 0 Å². The van der Waals surface area contributed by atoms with E-state index in [0.717, 1.165) is 12.5 Å². The zero-order chi connectivity index (χ0) is 11.4. The van der Waals surface area contributed by atoms with Crippen molar-refractivity contribution in [2.45, 2.75) is 31.8 Å². The number of methoxy groups -OCH3 is 1. The molecule has 1 heterocycles. The molecular formula is C13H20N2O. The second-order valence-corrected chi connectivity index (χ2v) is 4.57. The number of aromatic nitrogens is 1. The lowest BCUT2D eigenvalue weighted by molar-refractivity contribution is 0.152. The molecule has 0 saturated heterocycles. The number of pyridine rings is 1. The average Bonchev–Trinajstić information content (AvgIpc) is 3.13. The number of hydrogen-bond donors (Lipinski definition) is 1. The van der Waals surface area contributed by atoms with Crippen molar-refractivity contribution in [3.63, 3.8) is 0 Å². The smallest absolute Gasteiger partial charge is 0.0618 e. The summed E-state index contributed by atoms with van der Waals surface area (Å²) in [5.74, 6) is 0.805. The van der Waals surface area contributed by atoms with Crippen molar-refractivity contribution in [1.82, 2.24) is 10.3 Å². The normalized spacial score (nSPS) is 19.4. The second-order valence-electron chi connectivity index (χ2n) is 4.57. The van der Waals surface area contributed by atoms with E-state index in [1.807, 2.05) is 18.5 Å². The van der Waals surface area contributed by atoms with E-state index in [-0.39, 0.29) is 0 Å². The molecule has 0 aromatic carbocycles. The highest BCUT2D eigenvalue weighted by Crippen LogP contribution is 2.33. The van der Waals surface area contributed by atoms with E-state index in [1.54, 1.807) is 7.11 Å². The average molecular weight is 220 g/mol. The van der Waals surface area contributed by atoms with E-state index in [0.29, 0.717) is 12.1 Å². The SMILES string of the molecule is COCC(NC(C)c1cccnc1)C1CC1. The summed E-state index contributed by atoms with van der Waals surface area (Å²) >= 11 is 0. The van der Waals surface area contributed by atoms with Crippen molar-refractivity contribution in [3.05, 3.63) is 30.1 Å². The van der Waals surface area contributed by atoms with Crippen LogP contribution in [0.1, 0.15) is 31.4 Å². The molecule has 1 saturated carbocycles. The van der Waals surface area contributed by atoms with Crippen molar-refractivity contribution in [2.24, 2.45) is 5.92 Å². The Morgan fingerprint density at radius 2 is 2.38 bits per heavy atom. The first-order valence-electron chi connectivity index (χ1n) is 5.96. The Morgan fingerprint density at radius 3 is 2.94 bits per heavy atom. The molecule has 2 rings (SSSR count). The molecule has 1 aliphatic rings. The third-order valence-electron chi connectivity index (χ3n) is 3.19. The number of hydrogen-bond acceptors (Lipinski definition) is 3. The third-order valence-corrected chi connectivity index (χ3v) is 3.19. The molecular weight excluding hydrogens is 200 g/mol. The molecule has 2 unspecified atom stereocenters. The largest absolute Gasteiger partial charge is 0.383 e. The molecule has 1 aromatic heterocycles. The molecule has 2 atom stereocenters. The standard InChI is InChI=1S/C13H20N2O/c1-10(12-4-3-7-14-8-12)15-13(9-16-2)11-5-6-11/h3-4,7-8,10-11,13,15H,5-6,9H2,1-2H3. The monoisotopic (exact) mass is 220 g/mol. The molecule has 1 aliphatic carbocycles. The van der Waals surface area contributed by atoms with E-state index in [9.17, 15) is 0 Å².